The van der Waals surface area contributed by atoms with Gasteiger partial charge in [0.2, 0.25) is 0 Å². The zero-order valence-corrected chi connectivity index (χ0v) is 13.0. The highest BCUT2D eigenvalue weighted by molar-refractivity contribution is 7.99. The summed E-state index contributed by atoms with van der Waals surface area (Å²) in [7, 11) is 0. The lowest BCUT2D eigenvalue weighted by Crippen LogP contribution is -2.41. The average molecular weight is 288 g/mol. The third-order valence-electron chi connectivity index (χ3n) is 2.45. The van der Waals surface area contributed by atoms with Crippen molar-refractivity contribution in [2.45, 2.75) is 44.2 Å². The van der Waals surface area contributed by atoms with Gasteiger partial charge in [-0.05, 0) is 45.4 Å². The van der Waals surface area contributed by atoms with Crippen LogP contribution in [0, 0.1) is 6.92 Å². The van der Waals surface area contributed by atoms with E-state index in [0.717, 1.165) is 9.92 Å². The fourth-order valence-electron chi connectivity index (χ4n) is 1.40. The van der Waals surface area contributed by atoms with Crippen LogP contribution in [-0.2, 0) is 0 Å². The van der Waals surface area contributed by atoms with Gasteiger partial charge in [-0.25, -0.2) is 0 Å². The minimum absolute atomic E-state index is 0.0393. The molecule has 0 aliphatic heterocycles. The minimum atomic E-state index is -0.354. The van der Waals surface area contributed by atoms with Crippen molar-refractivity contribution in [3.8, 4) is 0 Å². The molecule has 1 unspecified atom stereocenters. The Morgan fingerprint density at radius 3 is 2.67 bits per heavy atom. The molecule has 2 N–H and O–H groups in total. The smallest absolute Gasteiger partial charge is 0.0758 e. The maximum Gasteiger partial charge on any atom is 0.0758 e. The summed E-state index contributed by atoms with van der Waals surface area (Å²) < 4.78 is 0. The summed E-state index contributed by atoms with van der Waals surface area (Å²) in [5.74, 6) is 0.671. The number of hydrogen-bond acceptors (Lipinski definition) is 3. The van der Waals surface area contributed by atoms with Gasteiger partial charge < -0.3 is 10.4 Å². The highest BCUT2D eigenvalue weighted by atomic mass is 35.5. The number of rotatable bonds is 5. The fraction of sp³-hybridized carbons (Fsp3) is 0.571. The molecule has 0 aliphatic carbocycles. The second kappa shape index (κ2) is 6.80. The molecular weight excluding hydrogens is 266 g/mol. The quantitative estimate of drug-likeness (QED) is 0.813. The van der Waals surface area contributed by atoms with Gasteiger partial charge in [0.25, 0.3) is 0 Å². The van der Waals surface area contributed by atoms with Crippen LogP contribution in [-0.4, -0.2) is 29.0 Å². The number of β-amino-alcohol motifs (C(OH)–C–C–N with tert-alkyl or cyclic N) is 1. The van der Waals surface area contributed by atoms with E-state index in [1.807, 2.05) is 18.2 Å². The molecule has 0 amide bonds. The number of halogens is 1. The summed E-state index contributed by atoms with van der Waals surface area (Å²) in [5, 5.41) is 14.0. The molecule has 0 spiro atoms. The Kier molecular flexibility index (Phi) is 5.99. The lowest BCUT2D eigenvalue weighted by Gasteiger charge is -2.22. The molecule has 2 nitrogen and oxygen atoms in total. The lowest BCUT2D eigenvalue weighted by molar-refractivity contribution is 0.183. The monoisotopic (exact) mass is 287 g/mol. The van der Waals surface area contributed by atoms with Crippen molar-refractivity contribution >= 4 is 23.4 Å². The van der Waals surface area contributed by atoms with Crippen LogP contribution in [0.3, 0.4) is 0 Å². The third kappa shape index (κ3) is 6.10. The maximum atomic E-state index is 9.92. The van der Waals surface area contributed by atoms with Crippen molar-refractivity contribution in [3.63, 3.8) is 0 Å². The maximum absolute atomic E-state index is 9.92. The Labute approximate surface area is 119 Å². The normalized spacial score (nSPS) is 13.7. The summed E-state index contributed by atoms with van der Waals surface area (Å²) in [6.45, 7) is 8.94. The van der Waals surface area contributed by atoms with Crippen LogP contribution in [0.5, 0.6) is 0 Å². The Hall–Kier alpha value is -0.220. The molecule has 1 rings (SSSR count). The van der Waals surface area contributed by atoms with Crippen LogP contribution >= 0.6 is 23.4 Å². The number of aryl methyl sites for hydroxylation is 1. The molecule has 0 heterocycles. The Morgan fingerprint density at radius 1 is 1.39 bits per heavy atom. The third-order valence-corrected chi connectivity index (χ3v) is 3.99. The van der Waals surface area contributed by atoms with E-state index >= 15 is 0 Å². The molecule has 1 atom stereocenters. The summed E-state index contributed by atoms with van der Waals surface area (Å²) in [5.41, 5.74) is 1.23. The van der Waals surface area contributed by atoms with Gasteiger partial charge in [-0.15, -0.1) is 11.8 Å². The van der Waals surface area contributed by atoms with Gasteiger partial charge in [-0.3, -0.25) is 0 Å². The van der Waals surface area contributed by atoms with Gasteiger partial charge >= 0.3 is 0 Å². The predicted octanol–water partition coefficient (Wildman–Crippen LogP) is 3.49. The van der Waals surface area contributed by atoms with Crippen LogP contribution in [0.4, 0.5) is 0 Å². The molecule has 0 saturated carbocycles. The predicted molar refractivity (Wildman–Crippen MR) is 80.7 cm³/mol. The fourth-order valence-corrected chi connectivity index (χ4v) is 2.63. The van der Waals surface area contributed by atoms with Crippen LogP contribution in [0.1, 0.15) is 26.3 Å². The van der Waals surface area contributed by atoms with E-state index < -0.39 is 0 Å². The second-order valence-electron chi connectivity index (χ2n) is 5.51. The SMILES string of the molecule is Cc1ccc(Cl)cc1SCC(O)CNC(C)(C)C. The molecule has 0 aromatic heterocycles. The first-order valence-corrected chi connectivity index (χ1v) is 7.46. The van der Waals surface area contributed by atoms with Gasteiger partial charge in [0.15, 0.2) is 0 Å². The zero-order valence-electron chi connectivity index (χ0n) is 11.5. The van der Waals surface area contributed by atoms with Crippen molar-refractivity contribution in [3.05, 3.63) is 28.8 Å². The van der Waals surface area contributed by atoms with Crippen LogP contribution in [0.25, 0.3) is 0 Å². The van der Waals surface area contributed by atoms with Crippen LogP contribution in [0.2, 0.25) is 5.02 Å². The zero-order chi connectivity index (χ0) is 13.8. The van der Waals surface area contributed by atoms with Crippen molar-refractivity contribution in [2.75, 3.05) is 12.3 Å². The molecule has 0 fully saturated rings. The van der Waals surface area contributed by atoms with Crippen LogP contribution < -0.4 is 5.32 Å². The number of thioether (sulfide) groups is 1. The van der Waals surface area contributed by atoms with E-state index in [4.69, 9.17) is 11.6 Å². The lowest BCUT2D eigenvalue weighted by atomic mass is 10.1. The molecule has 0 aliphatic rings. The summed E-state index contributed by atoms with van der Waals surface area (Å²) >= 11 is 7.61. The first-order valence-electron chi connectivity index (χ1n) is 6.10. The highest BCUT2D eigenvalue weighted by Gasteiger charge is 2.12. The van der Waals surface area contributed by atoms with Gasteiger partial charge in [0.05, 0.1) is 6.10 Å². The first-order chi connectivity index (χ1) is 8.28. The average Bonchev–Trinajstić information content (AvgIpc) is 2.26. The van der Waals surface area contributed by atoms with Crippen molar-refractivity contribution in [1.29, 1.82) is 0 Å². The highest BCUT2D eigenvalue weighted by Crippen LogP contribution is 2.26. The molecule has 0 radical (unpaired) electrons. The van der Waals surface area contributed by atoms with Gasteiger partial charge in [-0.1, -0.05) is 17.7 Å². The number of benzene rings is 1. The molecule has 1 aromatic carbocycles. The van der Waals surface area contributed by atoms with E-state index in [1.54, 1.807) is 11.8 Å². The molecule has 0 saturated heterocycles. The summed E-state index contributed by atoms with van der Waals surface area (Å²) in [4.78, 5) is 1.14. The standard InChI is InChI=1S/C14H22ClNOS/c1-10-5-6-11(15)7-13(10)18-9-12(17)8-16-14(2,3)4/h5-7,12,16-17H,8-9H2,1-4H3. The largest absolute Gasteiger partial charge is 0.391 e. The molecular formula is C14H22ClNOS. The Balaban J connectivity index is 2.42. The number of aliphatic hydroxyl groups is 1. The molecule has 4 heteroatoms. The first kappa shape index (κ1) is 15.8. The van der Waals surface area contributed by atoms with E-state index in [-0.39, 0.29) is 11.6 Å². The minimum Gasteiger partial charge on any atom is -0.391 e. The Morgan fingerprint density at radius 2 is 2.06 bits per heavy atom. The van der Waals surface area contributed by atoms with E-state index in [0.29, 0.717) is 12.3 Å². The number of hydrogen-bond donors (Lipinski definition) is 2. The van der Waals surface area contributed by atoms with Crippen molar-refractivity contribution in [2.24, 2.45) is 0 Å². The second-order valence-corrected chi connectivity index (χ2v) is 7.00. The Bertz CT molecular complexity index is 390. The summed E-state index contributed by atoms with van der Waals surface area (Å²) in [6.07, 6.45) is -0.354. The summed E-state index contributed by atoms with van der Waals surface area (Å²) in [6, 6.07) is 5.84. The molecule has 1 aromatic rings. The van der Waals surface area contributed by atoms with Gasteiger partial charge in [0, 0.05) is 27.8 Å². The number of aliphatic hydroxyl groups excluding tert-OH is 1. The van der Waals surface area contributed by atoms with Crippen LogP contribution in [0.15, 0.2) is 23.1 Å². The van der Waals surface area contributed by atoms with Gasteiger partial charge in [0.1, 0.15) is 0 Å². The topological polar surface area (TPSA) is 32.3 Å². The van der Waals surface area contributed by atoms with E-state index in [9.17, 15) is 5.11 Å². The molecule has 18 heavy (non-hydrogen) atoms. The van der Waals surface area contributed by atoms with E-state index in [1.165, 1.54) is 5.56 Å². The van der Waals surface area contributed by atoms with Crippen molar-refractivity contribution in [1.82, 2.24) is 5.32 Å². The number of nitrogens with one attached hydrogen (secondary N) is 1. The van der Waals surface area contributed by atoms with E-state index in [2.05, 4.69) is 33.0 Å². The molecule has 102 valence electrons. The van der Waals surface area contributed by atoms with Gasteiger partial charge in [-0.2, -0.15) is 0 Å². The molecule has 0 bridgehead atoms. The van der Waals surface area contributed by atoms with Crippen molar-refractivity contribution < 1.29 is 5.11 Å².